The molecule has 2 N–H and O–H groups in total. The fourth-order valence-corrected chi connectivity index (χ4v) is 5.60. The number of carbonyl (C=O) groups is 1. The molecule has 6 nitrogen and oxygen atoms in total. The van der Waals surface area contributed by atoms with Gasteiger partial charge in [-0.25, -0.2) is 18.1 Å². The molecule has 1 heterocycles. The molecule has 0 bridgehead atoms. The third kappa shape index (κ3) is 7.42. The average Bonchev–Trinajstić information content (AvgIpc) is 2.75. The van der Waals surface area contributed by atoms with E-state index in [0.29, 0.717) is 22.7 Å². The van der Waals surface area contributed by atoms with Crippen LogP contribution in [0.25, 0.3) is 0 Å². The molecule has 8 heteroatoms. The number of nitrogens with zero attached hydrogens (tertiary/aromatic N) is 1. The fraction of sp³-hybridized carbons (Fsp3) is 0.280. The molecule has 0 aliphatic rings. The van der Waals surface area contributed by atoms with E-state index in [1.165, 1.54) is 22.9 Å². The normalized spacial score (nSPS) is 11.5. The number of carbonyl (C=O) groups excluding carboxylic acids is 1. The van der Waals surface area contributed by atoms with Crippen LogP contribution in [0.4, 0.5) is 0 Å². The second-order valence-corrected chi connectivity index (χ2v) is 11.1. The van der Waals surface area contributed by atoms with E-state index in [1.54, 1.807) is 44.3 Å². The summed E-state index contributed by atoms with van der Waals surface area (Å²) < 4.78 is 26.8. The zero-order valence-electron chi connectivity index (χ0n) is 19.3. The first-order valence-corrected chi connectivity index (χ1v) is 13.2. The SMILES string of the molecule is Cc1ccc(Sc2ncccc2C(=O)NCc2ccc(CS(=O)(=O)NC(C)C)cc2)cc1C. The van der Waals surface area contributed by atoms with E-state index >= 15 is 0 Å². The number of rotatable bonds is 9. The van der Waals surface area contributed by atoms with Gasteiger partial charge in [-0.05, 0) is 74.2 Å². The molecule has 0 saturated heterocycles. The second kappa shape index (κ2) is 11.0. The van der Waals surface area contributed by atoms with Crippen molar-refractivity contribution in [3.8, 4) is 0 Å². The predicted octanol–water partition coefficient (Wildman–Crippen LogP) is 4.61. The van der Waals surface area contributed by atoms with Crippen LogP contribution < -0.4 is 10.0 Å². The molecule has 0 fully saturated rings. The van der Waals surface area contributed by atoms with Gasteiger partial charge in [0.2, 0.25) is 10.0 Å². The Morgan fingerprint density at radius 1 is 1.00 bits per heavy atom. The first kappa shape index (κ1) is 25.0. The summed E-state index contributed by atoms with van der Waals surface area (Å²) in [5, 5.41) is 3.58. The number of hydrogen-bond donors (Lipinski definition) is 2. The highest BCUT2D eigenvalue weighted by Crippen LogP contribution is 2.30. The van der Waals surface area contributed by atoms with Gasteiger partial charge in [0.15, 0.2) is 0 Å². The lowest BCUT2D eigenvalue weighted by atomic mass is 10.1. The molecule has 0 aliphatic carbocycles. The lowest BCUT2D eigenvalue weighted by Crippen LogP contribution is -2.31. The molecule has 0 radical (unpaired) electrons. The van der Waals surface area contributed by atoms with Crippen LogP contribution in [0.2, 0.25) is 0 Å². The minimum atomic E-state index is -3.37. The highest BCUT2D eigenvalue weighted by molar-refractivity contribution is 7.99. The highest BCUT2D eigenvalue weighted by Gasteiger charge is 2.15. The summed E-state index contributed by atoms with van der Waals surface area (Å²) in [6.45, 7) is 8.04. The van der Waals surface area contributed by atoms with E-state index in [2.05, 4.69) is 41.0 Å². The molecule has 174 valence electrons. The Balaban J connectivity index is 1.64. The number of benzene rings is 2. The Labute approximate surface area is 200 Å². The lowest BCUT2D eigenvalue weighted by Gasteiger charge is -2.11. The van der Waals surface area contributed by atoms with E-state index in [0.717, 1.165) is 10.5 Å². The molecule has 0 spiro atoms. The summed E-state index contributed by atoms with van der Waals surface area (Å²) in [5.41, 5.74) is 4.51. The molecule has 33 heavy (non-hydrogen) atoms. The first-order chi connectivity index (χ1) is 15.6. The van der Waals surface area contributed by atoms with Crippen LogP contribution >= 0.6 is 11.8 Å². The van der Waals surface area contributed by atoms with Gasteiger partial charge in [0.1, 0.15) is 5.03 Å². The van der Waals surface area contributed by atoms with Gasteiger partial charge in [0.25, 0.3) is 5.91 Å². The zero-order chi connectivity index (χ0) is 24.0. The van der Waals surface area contributed by atoms with E-state index in [9.17, 15) is 13.2 Å². The molecule has 2 aromatic carbocycles. The second-order valence-electron chi connectivity index (χ2n) is 8.24. The minimum absolute atomic E-state index is 0.0768. The van der Waals surface area contributed by atoms with Gasteiger partial charge in [0, 0.05) is 23.7 Å². The maximum absolute atomic E-state index is 12.9. The zero-order valence-corrected chi connectivity index (χ0v) is 20.9. The van der Waals surface area contributed by atoms with Crippen molar-refractivity contribution in [1.29, 1.82) is 0 Å². The third-order valence-electron chi connectivity index (χ3n) is 4.96. The van der Waals surface area contributed by atoms with Gasteiger partial charge >= 0.3 is 0 Å². The first-order valence-electron chi connectivity index (χ1n) is 10.7. The molecular formula is C25H29N3O3S2. The number of amides is 1. The molecular weight excluding hydrogens is 454 g/mol. The van der Waals surface area contributed by atoms with Crippen molar-refractivity contribution in [2.75, 3.05) is 0 Å². The third-order valence-corrected chi connectivity index (χ3v) is 7.51. The molecule has 3 aromatic rings. The van der Waals surface area contributed by atoms with Gasteiger partial charge in [-0.1, -0.05) is 42.1 Å². The monoisotopic (exact) mass is 483 g/mol. The fourth-order valence-electron chi connectivity index (χ4n) is 3.19. The van der Waals surface area contributed by atoms with Gasteiger partial charge in [-0.2, -0.15) is 0 Å². The Bertz CT molecular complexity index is 1220. The van der Waals surface area contributed by atoms with Crippen molar-refractivity contribution in [1.82, 2.24) is 15.0 Å². The number of sulfonamides is 1. The molecule has 0 atom stereocenters. The van der Waals surface area contributed by atoms with Gasteiger partial charge in [-0.15, -0.1) is 0 Å². The van der Waals surface area contributed by atoms with Crippen molar-refractivity contribution in [3.05, 3.63) is 88.6 Å². The molecule has 1 aromatic heterocycles. The Hall–Kier alpha value is -2.68. The smallest absolute Gasteiger partial charge is 0.254 e. The van der Waals surface area contributed by atoms with E-state index in [-0.39, 0.29) is 17.7 Å². The van der Waals surface area contributed by atoms with Crippen LogP contribution in [0, 0.1) is 13.8 Å². The summed E-state index contributed by atoms with van der Waals surface area (Å²) in [6, 6.07) is 16.8. The Kier molecular flexibility index (Phi) is 8.29. The van der Waals surface area contributed by atoms with Gasteiger partial charge < -0.3 is 5.32 Å². The van der Waals surface area contributed by atoms with E-state index in [4.69, 9.17) is 0 Å². The summed E-state index contributed by atoms with van der Waals surface area (Å²) in [7, 11) is -3.37. The van der Waals surface area contributed by atoms with Crippen LogP contribution in [0.1, 0.15) is 46.5 Å². The van der Waals surface area contributed by atoms with Crippen molar-refractivity contribution < 1.29 is 13.2 Å². The van der Waals surface area contributed by atoms with Gasteiger partial charge in [-0.3, -0.25) is 4.79 Å². The maximum Gasteiger partial charge on any atom is 0.254 e. The average molecular weight is 484 g/mol. The Morgan fingerprint density at radius 3 is 2.36 bits per heavy atom. The van der Waals surface area contributed by atoms with Crippen molar-refractivity contribution in [3.63, 3.8) is 0 Å². The number of hydrogen-bond acceptors (Lipinski definition) is 5. The predicted molar refractivity (Wildman–Crippen MR) is 133 cm³/mol. The Morgan fingerprint density at radius 2 is 1.70 bits per heavy atom. The number of nitrogens with one attached hydrogen (secondary N) is 2. The van der Waals surface area contributed by atoms with Crippen LogP contribution in [0.3, 0.4) is 0 Å². The van der Waals surface area contributed by atoms with E-state index < -0.39 is 10.0 Å². The quantitative estimate of drug-likeness (QED) is 0.464. The summed E-state index contributed by atoms with van der Waals surface area (Å²) in [5.74, 6) is -0.283. The molecule has 1 amide bonds. The largest absolute Gasteiger partial charge is 0.348 e. The molecule has 0 unspecified atom stereocenters. The molecule has 3 rings (SSSR count). The highest BCUT2D eigenvalue weighted by atomic mass is 32.2. The summed E-state index contributed by atoms with van der Waals surface area (Å²) in [6.07, 6.45) is 1.68. The van der Waals surface area contributed by atoms with Crippen molar-refractivity contribution in [2.45, 2.75) is 56.0 Å². The lowest BCUT2D eigenvalue weighted by molar-refractivity contribution is 0.0947. The van der Waals surface area contributed by atoms with Crippen LogP contribution in [-0.2, 0) is 22.3 Å². The van der Waals surface area contributed by atoms with Crippen molar-refractivity contribution in [2.24, 2.45) is 0 Å². The summed E-state index contributed by atoms with van der Waals surface area (Å²) in [4.78, 5) is 18.3. The van der Waals surface area contributed by atoms with E-state index in [1.807, 2.05) is 18.2 Å². The minimum Gasteiger partial charge on any atom is -0.348 e. The molecule has 0 saturated carbocycles. The van der Waals surface area contributed by atoms with Crippen LogP contribution in [0.15, 0.2) is 70.7 Å². The summed E-state index contributed by atoms with van der Waals surface area (Å²) >= 11 is 1.46. The van der Waals surface area contributed by atoms with Gasteiger partial charge in [0.05, 0.1) is 11.3 Å². The number of aromatic nitrogens is 1. The number of pyridine rings is 1. The standard InChI is InChI=1S/C25H29N3O3S2/c1-17(2)28-33(30,31)16-21-10-8-20(9-11-21)15-27-24(29)23-6-5-13-26-25(23)32-22-12-7-18(3)19(4)14-22/h5-14,17,28H,15-16H2,1-4H3,(H,27,29). The topological polar surface area (TPSA) is 88.2 Å². The van der Waals surface area contributed by atoms with Crippen molar-refractivity contribution >= 4 is 27.7 Å². The number of aryl methyl sites for hydroxylation is 2. The van der Waals surface area contributed by atoms with Crippen LogP contribution in [0.5, 0.6) is 0 Å². The molecule has 0 aliphatic heterocycles. The van der Waals surface area contributed by atoms with Crippen LogP contribution in [-0.4, -0.2) is 25.4 Å². The maximum atomic E-state index is 12.9.